The molecule has 0 atom stereocenters. The highest BCUT2D eigenvalue weighted by Crippen LogP contribution is 2.42. The van der Waals surface area contributed by atoms with E-state index in [4.69, 9.17) is 38.4 Å². The third-order valence-corrected chi connectivity index (χ3v) is 4.21. The number of benzene rings is 2. The summed E-state index contributed by atoms with van der Waals surface area (Å²) in [5, 5.41) is 1.36. The summed E-state index contributed by atoms with van der Waals surface area (Å²) in [4.78, 5) is 0. The molecular weight excluding hydrogens is 335 g/mol. The minimum Gasteiger partial charge on any atom is -0.346 e. The van der Waals surface area contributed by atoms with Gasteiger partial charge in [-0.25, -0.2) is 0 Å². The lowest BCUT2D eigenvalue weighted by Gasteiger charge is -2.38. The van der Waals surface area contributed by atoms with Crippen molar-refractivity contribution in [3.63, 3.8) is 0 Å². The molecule has 2 bridgehead atoms. The second-order valence-electron chi connectivity index (χ2n) is 4.88. The van der Waals surface area contributed by atoms with Crippen molar-refractivity contribution in [2.24, 2.45) is 5.73 Å². The summed E-state index contributed by atoms with van der Waals surface area (Å²) in [7, 11) is 3.31. The summed E-state index contributed by atoms with van der Waals surface area (Å²) >= 11 is 11.6. The van der Waals surface area contributed by atoms with Gasteiger partial charge in [-0.3, -0.25) is 0 Å². The van der Waals surface area contributed by atoms with Crippen molar-refractivity contribution < 1.29 is 9.47 Å². The largest absolute Gasteiger partial charge is 0.346 e. The molecule has 0 aliphatic heterocycles. The molecule has 0 saturated heterocycles. The van der Waals surface area contributed by atoms with Gasteiger partial charge in [0, 0.05) is 35.4 Å². The molecule has 0 unspecified atom stereocenters. The number of hydrogen-bond acceptors (Lipinski definition) is 4. The number of rotatable bonds is 4. The lowest BCUT2D eigenvalue weighted by molar-refractivity contribution is -0.193. The van der Waals surface area contributed by atoms with E-state index in [0.717, 1.165) is 23.1 Å². The van der Waals surface area contributed by atoms with Gasteiger partial charge >= 0.3 is 0 Å². The van der Waals surface area contributed by atoms with E-state index < -0.39 is 5.79 Å². The van der Waals surface area contributed by atoms with Crippen LogP contribution in [0.2, 0.25) is 10.0 Å². The molecule has 0 saturated carbocycles. The van der Waals surface area contributed by atoms with E-state index in [1.807, 2.05) is 30.3 Å². The van der Waals surface area contributed by atoms with Crippen LogP contribution in [0.15, 0.2) is 42.5 Å². The zero-order valence-electron chi connectivity index (χ0n) is 13.3. The molecule has 0 aromatic heterocycles. The van der Waals surface area contributed by atoms with Gasteiger partial charge < -0.3 is 21.4 Å². The molecule has 4 rings (SSSR count). The van der Waals surface area contributed by atoms with Crippen molar-refractivity contribution >= 4 is 23.2 Å². The van der Waals surface area contributed by atoms with Gasteiger partial charge in [-0.05, 0) is 36.7 Å². The van der Waals surface area contributed by atoms with Crippen molar-refractivity contribution in [2.45, 2.75) is 12.2 Å². The monoisotopic (exact) mass is 356 g/mol. The molecule has 5 N–H and O–H groups in total. The molecule has 0 spiro atoms. The van der Waals surface area contributed by atoms with Gasteiger partial charge in [0.15, 0.2) is 0 Å². The molecule has 0 heterocycles. The smallest absolute Gasteiger partial charge is 0.221 e. The zero-order chi connectivity index (χ0) is 16.2. The van der Waals surface area contributed by atoms with Gasteiger partial charge in [0.25, 0.3) is 0 Å². The predicted octanol–water partition coefficient (Wildman–Crippen LogP) is 4.15. The molecule has 126 valence electrons. The number of halogens is 2. The fraction of sp³-hybridized carbons (Fsp3) is 0.294. The lowest BCUT2D eigenvalue weighted by Crippen LogP contribution is -2.38. The van der Waals surface area contributed by atoms with Gasteiger partial charge in [0.2, 0.25) is 5.79 Å². The Kier molecular flexibility index (Phi) is 7.48. The highest BCUT2D eigenvalue weighted by atomic mass is 35.5. The van der Waals surface area contributed by atoms with Gasteiger partial charge in [0.1, 0.15) is 0 Å². The quantitative estimate of drug-likeness (QED) is 0.806. The molecule has 2 aliphatic carbocycles. The van der Waals surface area contributed by atoms with Crippen molar-refractivity contribution in [1.29, 1.82) is 0 Å². The van der Waals surface area contributed by atoms with Crippen LogP contribution in [0.4, 0.5) is 0 Å². The normalized spacial score (nSPS) is 13.3. The van der Waals surface area contributed by atoms with E-state index in [1.165, 1.54) is 0 Å². The fourth-order valence-corrected chi connectivity index (χ4v) is 2.96. The van der Waals surface area contributed by atoms with Crippen LogP contribution in [-0.2, 0) is 21.7 Å². The average molecular weight is 357 g/mol. The molecule has 4 nitrogen and oxygen atoms in total. The van der Waals surface area contributed by atoms with Crippen LogP contribution >= 0.6 is 23.2 Å². The first-order valence-electron chi connectivity index (χ1n) is 6.92. The summed E-state index contributed by atoms with van der Waals surface area (Å²) in [5.41, 5.74) is 8.62. The highest BCUT2D eigenvalue weighted by molar-refractivity contribution is 6.35. The molecule has 23 heavy (non-hydrogen) atoms. The van der Waals surface area contributed by atoms with Crippen LogP contribution in [0, 0.1) is 0 Å². The third kappa shape index (κ3) is 4.04. The molecule has 2 aromatic carbocycles. The number of hydrogen-bond donors (Lipinski definition) is 2. The third-order valence-electron chi connectivity index (χ3n) is 3.63. The van der Waals surface area contributed by atoms with Crippen molar-refractivity contribution in [1.82, 2.24) is 6.15 Å². The van der Waals surface area contributed by atoms with E-state index >= 15 is 0 Å². The first-order valence-corrected chi connectivity index (χ1v) is 7.68. The number of ether oxygens (including phenoxy) is 2. The van der Waals surface area contributed by atoms with Gasteiger partial charge in [-0.15, -0.1) is 0 Å². The number of fused-ring (bicyclic) bond motifs is 2. The minimum absolute atomic E-state index is 0. The topological polar surface area (TPSA) is 79.5 Å². The maximum absolute atomic E-state index is 5.87. The molecule has 6 heteroatoms. The summed E-state index contributed by atoms with van der Waals surface area (Å²) in [6.07, 6.45) is 0.802. The van der Waals surface area contributed by atoms with Gasteiger partial charge in [-0.1, -0.05) is 47.5 Å². The summed E-state index contributed by atoms with van der Waals surface area (Å²) in [6, 6.07) is 13.5. The minimum atomic E-state index is -0.547. The molecule has 0 amide bonds. The van der Waals surface area contributed by atoms with Crippen LogP contribution in [0.5, 0.6) is 0 Å². The Hall–Kier alpha value is -1.14. The van der Waals surface area contributed by atoms with Gasteiger partial charge in [-0.2, -0.15) is 0 Å². The second kappa shape index (κ2) is 8.64. The Morgan fingerprint density at radius 2 is 1.61 bits per heavy atom. The van der Waals surface area contributed by atoms with Crippen molar-refractivity contribution in [3.8, 4) is 0 Å². The second-order valence-corrected chi connectivity index (χ2v) is 5.72. The highest BCUT2D eigenvalue weighted by Gasteiger charge is 2.41. The van der Waals surface area contributed by atoms with E-state index in [2.05, 4.69) is 6.07 Å². The van der Waals surface area contributed by atoms with Crippen LogP contribution in [0.1, 0.15) is 16.7 Å². The predicted molar refractivity (Wildman–Crippen MR) is 95.5 cm³/mol. The average Bonchev–Trinajstić information content (AvgIpc) is 2.53. The maximum atomic E-state index is 5.87. The van der Waals surface area contributed by atoms with Crippen molar-refractivity contribution in [3.05, 3.63) is 69.2 Å². The van der Waals surface area contributed by atoms with Crippen LogP contribution in [-0.4, -0.2) is 20.8 Å². The SMILES string of the molecule is COC1(OC)c2cccc1c2.N.NCCc1ccc(Cl)cc1Cl. The maximum Gasteiger partial charge on any atom is 0.221 e. The summed E-state index contributed by atoms with van der Waals surface area (Å²) < 4.78 is 10.6. The molecule has 0 radical (unpaired) electrons. The van der Waals surface area contributed by atoms with Gasteiger partial charge in [0.05, 0.1) is 0 Å². The number of nitrogens with two attached hydrogens (primary N) is 1. The molecule has 0 fully saturated rings. The van der Waals surface area contributed by atoms with Crippen molar-refractivity contribution in [2.75, 3.05) is 20.8 Å². The van der Waals surface area contributed by atoms with E-state index in [-0.39, 0.29) is 6.15 Å². The van der Waals surface area contributed by atoms with Crippen LogP contribution in [0.25, 0.3) is 0 Å². The number of methoxy groups -OCH3 is 2. The Balaban J connectivity index is 0.000000220. The lowest BCUT2D eigenvalue weighted by atomic mass is 9.85. The van der Waals surface area contributed by atoms with Crippen LogP contribution in [0.3, 0.4) is 0 Å². The Bertz CT molecular complexity index is 617. The summed E-state index contributed by atoms with van der Waals surface area (Å²) in [6.45, 7) is 0.612. The molecule has 2 aromatic rings. The standard InChI is InChI=1S/C9H10O2.C8H9Cl2N.H3N/c1-10-9(11-2)7-4-3-5-8(9)6-7;9-7-2-1-6(3-4-11)8(10)5-7;/h3-6H,1-2H3;1-2,5H,3-4,11H2;1H3. The zero-order valence-corrected chi connectivity index (χ0v) is 14.8. The molecular formula is C17H22Cl2N2O2. The van der Waals surface area contributed by atoms with E-state index in [1.54, 1.807) is 20.3 Å². The Labute approximate surface area is 147 Å². The Morgan fingerprint density at radius 1 is 1.00 bits per heavy atom. The first kappa shape index (κ1) is 19.9. The molecule has 2 aliphatic rings. The van der Waals surface area contributed by atoms with E-state index in [9.17, 15) is 0 Å². The first-order chi connectivity index (χ1) is 10.6. The van der Waals surface area contributed by atoms with Crippen LogP contribution < -0.4 is 11.9 Å². The summed E-state index contributed by atoms with van der Waals surface area (Å²) in [5.74, 6) is -0.547. The Morgan fingerprint density at radius 3 is 2.00 bits per heavy atom. The van der Waals surface area contributed by atoms with E-state index in [0.29, 0.717) is 16.6 Å². The fourth-order valence-electron chi connectivity index (χ4n) is 2.45.